The summed E-state index contributed by atoms with van der Waals surface area (Å²) in [6.45, 7) is 0. The van der Waals surface area contributed by atoms with Gasteiger partial charge >= 0.3 is 0 Å². The number of nitrogens with two attached hydrogens (primary N) is 1. The van der Waals surface area contributed by atoms with Crippen LogP contribution in [0.3, 0.4) is 0 Å². The molecule has 140 valence electrons. The summed E-state index contributed by atoms with van der Waals surface area (Å²) in [6.07, 6.45) is 9.61. The number of aryl methyl sites for hydroxylation is 2. The van der Waals surface area contributed by atoms with Crippen molar-refractivity contribution in [3.05, 3.63) is 34.9 Å². The molecule has 4 nitrogen and oxygen atoms in total. The van der Waals surface area contributed by atoms with Gasteiger partial charge in [-0.15, -0.1) is 0 Å². The van der Waals surface area contributed by atoms with Crippen LogP contribution < -0.4 is 11.1 Å². The van der Waals surface area contributed by atoms with Crippen LogP contribution in [0.2, 0.25) is 0 Å². The Hall–Kier alpha value is -1.68. The Morgan fingerprint density at radius 1 is 1.00 bits per heavy atom. The molecule has 3 aliphatic carbocycles. The van der Waals surface area contributed by atoms with Crippen molar-refractivity contribution in [1.82, 2.24) is 5.32 Å². The zero-order valence-electron chi connectivity index (χ0n) is 15.5. The molecule has 2 saturated carbocycles. The fourth-order valence-corrected chi connectivity index (χ4v) is 5.40. The maximum atomic E-state index is 12.5. The molecule has 0 aliphatic heterocycles. The van der Waals surface area contributed by atoms with Crippen molar-refractivity contribution < 1.29 is 9.59 Å². The number of amides is 1. The van der Waals surface area contributed by atoms with Gasteiger partial charge in [0.25, 0.3) is 0 Å². The lowest BCUT2D eigenvalue weighted by molar-refractivity contribution is -0.123. The molecule has 1 amide bonds. The number of fused-ring (bicyclic) bond motifs is 3. The largest absolute Gasteiger partial charge is 0.353 e. The van der Waals surface area contributed by atoms with Crippen LogP contribution in [-0.4, -0.2) is 23.8 Å². The molecule has 3 N–H and O–H groups in total. The third kappa shape index (κ3) is 3.71. The quantitative estimate of drug-likeness (QED) is 0.798. The van der Waals surface area contributed by atoms with Gasteiger partial charge in [-0.2, -0.15) is 0 Å². The Labute approximate surface area is 155 Å². The molecule has 2 fully saturated rings. The molecule has 1 aromatic rings. The minimum atomic E-state index is 0.0249. The maximum Gasteiger partial charge on any atom is 0.220 e. The van der Waals surface area contributed by atoms with E-state index in [1.165, 1.54) is 36.8 Å². The van der Waals surface area contributed by atoms with Gasteiger partial charge in [0.2, 0.25) is 5.91 Å². The Balaban J connectivity index is 1.30. The van der Waals surface area contributed by atoms with Crippen molar-refractivity contribution in [2.75, 3.05) is 0 Å². The van der Waals surface area contributed by atoms with E-state index in [0.717, 1.165) is 31.2 Å². The first kappa shape index (κ1) is 17.7. The molecular formula is C22H30N2O2. The number of carbonyl (C=O) groups excluding carboxylic acids is 2. The Morgan fingerprint density at radius 3 is 2.50 bits per heavy atom. The lowest BCUT2D eigenvalue weighted by Gasteiger charge is -2.45. The fraction of sp³-hybridized carbons (Fsp3) is 0.636. The minimum absolute atomic E-state index is 0.0249. The van der Waals surface area contributed by atoms with Gasteiger partial charge in [0.1, 0.15) is 0 Å². The lowest BCUT2D eigenvalue weighted by atomic mass is 9.67. The average Bonchev–Trinajstić information content (AvgIpc) is 3.08. The van der Waals surface area contributed by atoms with E-state index >= 15 is 0 Å². The van der Waals surface area contributed by atoms with E-state index in [9.17, 15) is 9.59 Å². The minimum Gasteiger partial charge on any atom is -0.353 e. The van der Waals surface area contributed by atoms with Crippen LogP contribution in [0.25, 0.3) is 0 Å². The predicted octanol–water partition coefficient (Wildman–Crippen LogP) is 3.16. The van der Waals surface area contributed by atoms with Gasteiger partial charge in [-0.1, -0.05) is 18.6 Å². The van der Waals surface area contributed by atoms with E-state index in [0.29, 0.717) is 24.3 Å². The molecule has 0 saturated heterocycles. The average molecular weight is 354 g/mol. The number of rotatable bonds is 5. The van der Waals surface area contributed by atoms with Crippen LogP contribution >= 0.6 is 0 Å². The topological polar surface area (TPSA) is 72.2 Å². The van der Waals surface area contributed by atoms with Crippen LogP contribution in [0.15, 0.2) is 18.2 Å². The summed E-state index contributed by atoms with van der Waals surface area (Å²) in [4.78, 5) is 24.9. The Morgan fingerprint density at radius 2 is 1.73 bits per heavy atom. The molecule has 4 rings (SSSR count). The highest BCUT2D eigenvalue weighted by Crippen LogP contribution is 2.39. The van der Waals surface area contributed by atoms with Crippen molar-refractivity contribution in [3.63, 3.8) is 0 Å². The van der Waals surface area contributed by atoms with Crippen molar-refractivity contribution in [2.24, 2.45) is 17.6 Å². The molecule has 0 spiro atoms. The first-order chi connectivity index (χ1) is 12.6. The molecule has 4 heteroatoms. The summed E-state index contributed by atoms with van der Waals surface area (Å²) in [5, 5.41) is 3.24. The molecule has 0 heterocycles. The first-order valence-corrected chi connectivity index (χ1v) is 10.3. The van der Waals surface area contributed by atoms with E-state index in [2.05, 4.69) is 11.4 Å². The van der Waals surface area contributed by atoms with Gasteiger partial charge in [-0.05, 0) is 74.0 Å². The van der Waals surface area contributed by atoms with E-state index < -0.39 is 0 Å². The summed E-state index contributed by atoms with van der Waals surface area (Å²) in [5.74, 6) is 1.15. The molecule has 3 aliphatic rings. The third-order valence-electron chi connectivity index (χ3n) is 6.70. The standard InChI is InChI=1S/C22H30N2O2/c23-19-12-17-5-2-6-18(13-19)22(17)24-21(26)10-9-20(25)16-8-7-14-3-1-4-15(14)11-16/h7-8,11,17-19,22H,1-6,9-10,12-13,23H2,(H,24,26). The highest BCUT2D eigenvalue weighted by molar-refractivity contribution is 5.98. The normalized spacial score (nSPS) is 29.9. The number of ketones is 1. The zero-order chi connectivity index (χ0) is 18.1. The van der Waals surface area contributed by atoms with Crippen molar-refractivity contribution in [2.45, 2.75) is 76.3 Å². The number of benzene rings is 1. The van der Waals surface area contributed by atoms with Crippen LogP contribution in [0.1, 0.15) is 72.9 Å². The maximum absolute atomic E-state index is 12.5. The van der Waals surface area contributed by atoms with E-state index in [-0.39, 0.29) is 24.2 Å². The third-order valence-corrected chi connectivity index (χ3v) is 6.70. The van der Waals surface area contributed by atoms with Gasteiger partial charge < -0.3 is 11.1 Å². The van der Waals surface area contributed by atoms with Crippen LogP contribution in [-0.2, 0) is 17.6 Å². The van der Waals surface area contributed by atoms with Gasteiger partial charge in [0.15, 0.2) is 5.78 Å². The number of Topliss-reactive ketones (excluding diaryl/α,β-unsaturated/α-hetero) is 1. The number of carbonyl (C=O) groups is 2. The van der Waals surface area contributed by atoms with Crippen LogP contribution in [0, 0.1) is 11.8 Å². The second-order valence-electron chi connectivity index (χ2n) is 8.54. The number of nitrogens with one attached hydrogen (secondary N) is 1. The molecule has 26 heavy (non-hydrogen) atoms. The number of hydrogen-bond acceptors (Lipinski definition) is 3. The lowest BCUT2D eigenvalue weighted by Crippen LogP contribution is -2.53. The molecule has 0 aromatic heterocycles. The van der Waals surface area contributed by atoms with E-state index in [4.69, 9.17) is 5.73 Å². The zero-order valence-corrected chi connectivity index (χ0v) is 15.5. The second-order valence-corrected chi connectivity index (χ2v) is 8.54. The van der Waals surface area contributed by atoms with E-state index in [1.807, 2.05) is 12.1 Å². The van der Waals surface area contributed by atoms with Crippen molar-refractivity contribution in [3.8, 4) is 0 Å². The van der Waals surface area contributed by atoms with Crippen LogP contribution in [0.5, 0.6) is 0 Å². The number of hydrogen-bond donors (Lipinski definition) is 2. The van der Waals surface area contributed by atoms with Gasteiger partial charge in [0.05, 0.1) is 0 Å². The Bertz CT molecular complexity index is 685. The second kappa shape index (κ2) is 7.51. The van der Waals surface area contributed by atoms with Crippen LogP contribution in [0.4, 0.5) is 0 Å². The highest BCUT2D eigenvalue weighted by atomic mass is 16.2. The molecular weight excluding hydrogens is 324 g/mol. The van der Waals surface area contributed by atoms with Crippen molar-refractivity contribution >= 4 is 11.7 Å². The van der Waals surface area contributed by atoms with Gasteiger partial charge in [-0.25, -0.2) is 0 Å². The Kier molecular flexibility index (Phi) is 5.12. The first-order valence-electron chi connectivity index (χ1n) is 10.3. The smallest absolute Gasteiger partial charge is 0.220 e. The highest BCUT2D eigenvalue weighted by Gasteiger charge is 2.39. The molecule has 0 radical (unpaired) electrons. The molecule has 2 atom stereocenters. The summed E-state index contributed by atoms with van der Waals surface area (Å²) in [7, 11) is 0. The summed E-state index contributed by atoms with van der Waals surface area (Å²) >= 11 is 0. The summed E-state index contributed by atoms with van der Waals surface area (Å²) in [6, 6.07) is 6.61. The van der Waals surface area contributed by atoms with Crippen molar-refractivity contribution in [1.29, 1.82) is 0 Å². The SMILES string of the molecule is NC1CC2CCCC(C1)C2NC(=O)CCC(=O)c1ccc2c(c1)CCC2. The fourth-order valence-electron chi connectivity index (χ4n) is 5.40. The molecule has 1 aromatic carbocycles. The molecule has 2 unspecified atom stereocenters. The van der Waals surface area contributed by atoms with Gasteiger partial charge in [0, 0.05) is 30.5 Å². The predicted molar refractivity (Wildman–Crippen MR) is 102 cm³/mol. The van der Waals surface area contributed by atoms with E-state index in [1.54, 1.807) is 0 Å². The van der Waals surface area contributed by atoms with Gasteiger partial charge in [-0.3, -0.25) is 9.59 Å². The monoisotopic (exact) mass is 354 g/mol. The summed E-state index contributed by atoms with van der Waals surface area (Å²) < 4.78 is 0. The summed E-state index contributed by atoms with van der Waals surface area (Å²) in [5.41, 5.74) is 9.61. The molecule has 2 bridgehead atoms.